The summed E-state index contributed by atoms with van der Waals surface area (Å²) < 4.78 is 18.9. The van der Waals surface area contributed by atoms with Crippen molar-refractivity contribution in [2.75, 3.05) is 0 Å². The highest BCUT2D eigenvalue weighted by Crippen LogP contribution is 2.14. The van der Waals surface area contributed by atoms with Gasteiger partial charge in [0.05, 0.1) is 13.2 Å². The Labute approximate surface area is 119 Å². The average molecular weight is 292 g/mol. The van der Waals surface area contributed by atoms with Gasteiger partial charge in [-0.25, -0.2) is 9.18 Å². The molecule has 2 aromatic rings. The molecule has 2 rings (SSSR count). The number of thiophene rings is 1. The molecule has 104 valence electrons. The maximum absolute atomic E-state index is 13.4. The molecule has 0 unspecified atom stereocenters. The fraction of sp³-hybridized carbons (Fsp3) is 0.133. The largest absolute Gasteiger partial charge is 0.478 e. The van der Waals surface area contributed by atoms with Gasteiger partial charge in [0.1, 0.15) is 5.82 Å². The van der Waals surface area contributed by atoms with Gasteiger partial charge in [-0.1, -0.05) is 6.07 Å². The molecule has 0 saturated heterocycles. The number of benzene rings is 1. The predicted octanol–water partition coefficient (Wildman–Crippen LogP) is 3.70. The first-order valence-electron chi connectivity index (χ1n) is 5.94. The molecular weight excluding hydrogens is 279 g/mol. The summed E-state index contributed by atoms with van der Waals surface area (Å²) in [6, 6.07) is 8.28. The molecule has 20 heavy (non-hydrogen) atoms. The van der Waals surface area contributed by atoms with Gasteiger partial charge in [0, 0.05) is 11.0 Å². The van der Waals surface area contributed by atoms with E-state index in [1.165, 1.54) is 18.2 Å². The van der Waals surface area contributed by atoms with Crippen LogP contribution in [0.1, 0.15) is 16.0 Å². The van der Waals surface area contributed by atoms with Crippen molar-refractivity contribution in [2.45, 2.75) is 13.2 Å². The summed E-state index contributed by atoms with van der Waals surface area (Å²) in [5.41, 5.74) is 1.17. The summed E-state index contributed by atoms with van der Waals surface area (Å²) in [7, 11) is 0. The minimum Gasteiger partial charge on any atom is -0.478 e. The number of carboxylic acids is 1. The zero-order valence-corrected chi connectivity index (χ0v) is 11.4. The number of hydrogen-bond acceptors (Lipinski definition) is 3. The van der Waals surface area contributed by atoms with Gasteiger partial charge in [-0.2, -0.15) is 0 Å². The summed E-state index contributed by atoms with van der Waals surface area (Å²) >= 11 is 1.60. The van der Waals surface area contributed by atoms with Crippen LogP contribution in [0.5, 0.6) is 0 Å². The number of rotatable bonds is 6. The van der Waals surface area contributed by atoms with E-state index in [2.05, 4.69) is 0 Å². The van der Waals surface area contributed by atoms with Gasteiger partial charge in [0.15, 0.2) is 0 Å². The Morgan fingerprint density at radius 2 is 2.20 bits per heavy atom. The summed E-state index contributed by atoms with van der Waals surface area (Å²) in [6.45, 7) is 0.762. The summed E-state index contributed by atoms with van der Waals surface area (Å²) in [4.78, 5) is 11.5. The Kier molecular flexibility index (Phi) is 5.03. The molecule has 1 heterocycles. The average Bonchev–Trinajstić information content (AvgIpc) is 2.89. The Bertz CT molecular complexity index is 606. The van der Waals surface area contributed by atoms with Gasteiger partial charge in [0.2, 0.25) is 0 Å². The SMILES string of the molecule is O=C(O)C=Cc1cc(F)cc(COCc2cccs2)c1. The molecule has 0 atom stereocenters. The second-order valence-corrected chi connectivity index (χ2v) is 5.17. The lowest BCUT2D eigenvalue weighted by atomic mass is 10.1. The maximum atomic E-state index is 13.4. The zero-order valence-electron chi connectivity index (χ0n) is 10.6. The molecule has 0 bridgehead atoms. The third-order valence-corrected chi connectivity index (χ3v) is 3.34. The van der Waals surface area contributed by atoms with Crippen molar-refractivity contribution in [2.24, 2.45) is 0 Å². The fourth-order valence-electron chi connectivity index (χ4n) is 1.69. The van der Waals surface area contributed by atoms with Crippen molar-refractivity contribution < 1.29 is 19.0 Å². The lowest BCUT2D eigenvalue weighted by Gasteiger charge is -2.05. The van der Waals surface area contributed by atoms with Crippen molar-refractivity contribution >= 4 is 23.4 Å². The topological polar surface area (TPSA) is 46.5 Å². The molecule has 0 aliphatic heterocycles. The molecule has 3 nitrogen and oxygen atoms in total. The molecule has 1 aromatic carbocycles. The smallest absolute Gasteiger partial charge is 0.328 e. The number of carboxylic acid groups (broad SMARTS) is 1. The van der Waals surface area contributed by atoms with Crippen molar-refractivity contribution in [1.29, 1.82) is 0 Å². The molecule has 5 heteroatoms. The van der Waals surface area contributed by atoms with E-state index in [0.717, 1.165) is 11.0 Å². The van der Waals surface area contributed by atoms with Gasteiger partial charge in [-0.15, -0.1) is 11.3 Å². The molecule has 1 N–H and O–H groups in total. The second-order valence-electron chi connectivity index (χ2n) is 4.14. The zero-order chi connectivity index (χ0) is 14.4. The molecule has 0 aliphatic rings. The molecule has 0 aliphatic carbocycles. The minimum atomic E-state index is -1.07. The third kappa shape index (κ3) is 4.60. The standard InChI is InChI=1S/C15H13FO3S/c16-13-7-11(3-4-15(17)18)6-12(8-13)9-19-10-14-2-1-5-20-14/h1-8H,9-10H2,(H,17,18). The van der Waals surface area contributed by atoms with Gasteiger partial charge in [-0.3, -0.25) is 0 Å². The molecule has 0 amide bonds. The lowest BCUT2D eigenvalue weighted by Crippen LogP contribution is -1.94. The molecule has 0 radical (unpaired) electrons. The Hall–Kier alpha value is -1.98. The Morgan fingerprint density at radius 3 is 2.90 bits per heavy atom. The monoisotopic (exact) mass is 292 g/mol. The van der Waals surface area contributed by atoms with E-state index in [0.29, 0.717) is 17.7 Å². The highest BCUT2D eigenvalue weighted by Gasteiger charge is 2.01. The van der Waals surface area contributed by atoms with Crippen LogP contribution < -0.4 is 0 Å². The van der Waals surface area contributed by atoms with Crippen molar-refractivity contribution in [1.82, 2.24) is 0 Å². The van der Waals surface area contributed by atoms with E-state index < -0.39 is 11.8 Å². The van der Waals surface area contributed by atoms with Crippen LogP contribution in [0.4, 0.5) is 4.39 Å². The van der Waals surface area contributed by atoms with Crippen molar-refractivity contribution in [3.63, 3.8) is 0 Å². The number of aliphatic carboxylic acids is 1. The van der Waals surface area contributed by atoms with E-state index in [1.807, 2.05) is 17.5 Å². The maximum Gasteiger partial charge on any atom is 0.328 e. The van der Waals surface area contributed by atoms with Crippen molar-refractivity contribution in [3.8, 4) is 0 Å². The molecular formula is C15H13FO3S. The van der Waals surface area contributed by atoms with E-state index in [9.17, 15) is 9.18 Å². The third-order valence-electron chi connectivity index (χ3n) is 2.49. The quantitative estimate of drug-likeness (QED) is 0.826. The lowest BCUT2D eigenvalue weighted by molar-refractivity contribution is -0.131. The Balaban J connectivity index is 1.98. The number of hydrogen-bond donors (Lipinski definition) is 1. The van der Waals surface area contributed by atoms with E-state index >= 15 is 0 Å². The first-order valence-corrected chi connectivity index (χ1v) is 6.82. The Morgan fingerprint density at radius 1 is 1.35 bits per heavy atom. The van der Waals surface area contributed by atoms with Crippen molar-refractivity contribution in [3.05, 3.63) is 63.6 Å². The molecule has 0 saturated carbocycles. The van der Waals surface area contributed by atoms with E-state index in [1.54, 1.807) is 17.4 Å². The van der Waals surface area contributed by atoms with Crippen LogP contribution in [0.3, 0.4) is 0 Å². The predicted molar refractivity (Wildman–Crippen MR) is 75.9 cm³/mol. The van der Waals surface area contributed by atoms with Crippen LogP contribution >= 0.6 is 11.3 Å². The van der Waals surface area contributed by atoms with Gasteiger partial charge in [0.25, 0.3) is 0 Å². The molecule has 0 fully saturated rings. The van der Waals surface area contributed by atoms with Crippen LogP contribution in [-0.4, -0.2) is 11.1 Å². The van der Waals surface area contributed by atoms with Crippen LogP contribution in [0.25, 0.3) is 6.08 Å². The molecule has 1 aromatic heterocycles. The normalized spacial score (nSPS) is 11.1. The first-order chi connectivity index (χ1) is 9.63. The van der Waals surface area contributed by atoms with Crippen LogP contribution in [0, 0.1) is 5.82 Å². The van der Waals surface area contributed by atoms with E-state index in [4.69, 9.17) is 9.84 Å². The van der Waals surface area contributed by atoms with Crippen LogP contribution in [0.2, 0.25) is 0 Å². The van der Waals surface area contributed by atoms with Gasteiger partial charge in [-0.05, 0) is 46.8 Å². The number of halogens is 1. The van der Waals surface area contributed by atoms with Gasteiger partial charge < -0.3 is 9.84 Å². The van der Waals surface area contributed by atoms with Gasteiger partial charge >= 0.3 is 5.97 Å². The number of carbonyl (C=O) groups is 1. The number of ether oxygens (including phenoxy) is 1. The van der Waals surface area contributed by atoms with Crippen LogP contribution in [-0.2, 0) is 22.7 Å². The highest BCUT2D eigenvalue weighted by atomic mass is 32.1. The fourth-order valence-corrected chi connectivity index (χ4v) is 2.33. The first kappa shape index (κ1) is 14.4. The second kappa shape index (κ2) is 6.98. The minimum absolute atomic E-state index is 0.281. The summed E-state index contributed by atoms with van der Waals surface area (Å²) in [6.07, 6.45) is 2.33. The summed E-state index contributed by atoms with van der Waals surface area (Å²) in [5.74, 6) is -1.47. The highest BCUT2D eigenvalue weighted by molar-refractivity contribution is 7.09. The van der Waals surface area contributed by atoms with Crippen LogP contribution in [0.15, 0.2) is 41.8 Å². The van der Waals surface area contributed by atoms with E-state index in [-0.39, 0.29) is 6.61 Å². The molecule has 0 spiro atoms. The summed E-state index contributed by atoms with van der Waals surface area (Å²) in [5, 5.41) is 10.5.